The molecule has 0 unspecified atom stereocenters. The van der Waals surface area contributed by atoms with Gasteiger partial charge in [-0.15, -0.1) is 0 Å². The topological polar surface area (TPSA) is 118 Å². The highest BCUT2D eigenvalue weighted by molar-refractivity contribution is 9.10. The lowest BCUT2D eigenvalue weighted by molar-refractivity contribution is -0.384. The lowest BCUT2D eigenvalue weighted by Gasteiger charge is -2.30. The third kappa shape index (κ3) is 4.28. The van der Waals surface area contributed by atoms with Crippen LogP contribution < -0.4 is 0 Å². The summed E-state index contributed by atoms with van der Waals surface area (Å²) >= 11 is 3.29. The minimum Gasteiger partial charge on any atom is -0.292 e. The van der Waals surface area contributed by atoms with Gasteiger partial charge >= 0.3 is 0 Å². The zero-order valence-electron chi connectivity index (χ0n) is 18.1. The fraction of sp³-hybridized carbons (Fsp3) is 0.250. The molecule has 4 rings (SSSR count). The summed E-state index contributed by atoms with van der Waals surface area (Å²) in [6, 6.07) is 11.4. The summed E-state index contributed by atoms with van der Waals surface area (Å²) in [5.41, 5.74) is -0.151. The van der Waals surface area contributed by atoms with Crippen molar-refractivity contribution in [1.82, 2.24) is 10.0 Å². The first-order valence-corrected chi connectivity index (χ1v) is 11.4. The van der Waals surface area contributed by atoms with E-state index in [-0.39, 0.29) is 22.7 Å². The van der Waals surface area contributed by atoms with Crippen LogP contribution in [0, 0.1) is 27.9 Å². The maximum atomic E-state index is 13.5. The monoisotopic (exact) mass is 525 g/mol. The average molecular weight is 526 g/mol. The highest BCUT2D eigenvalue weighted by Crippen LogP contribution is 2.39. The number of fused-ring (bicyclic) bond motifs is 1. The highest BCUT2D eigenvalue weighted by Gasteiger charge is 2.53. The van der Waals surface area contributed by atoms with Gasteiger partial charge in [0.2, 0.25) is 0 Å². The molecule has 9 nitrogen and oxygen atoms in total. The van der Waals surface area contributed by atoms with Crippen LogP contribution in [0.5, 0.6) is 0 Å². The van der Waals surface area contributed by atoms with Gasteiger partial charge in [0.15, 0.2) is 5.78 Å². The van der Waals surface area contributed by atoms with Crippen molar-refractivity contribution in [1.29, 1.82) is 0 Å². The van der Waals surface area contributed by atoms with Crippen LogP contribution in [-0.2, 0) is 9.59 Å². The summed E-state index contributed by atoms with van der Waals surface area (Å²) in [4.78, 5) is 63.7. The van der Waals surface area contributed by atoms with Crippen LogP contribution in [0.15, 0.2) is 65.2 Å². The van der Waals surface area contributed by atoms with Gasteiger partial charge in [0, 0.05) is 27.7 Å². The molecule has 1 aliphatic heterocycles. The zero-order chi connectivity index (χ0) is 24.6. The van der Waals surface area contributed by atoms with Gasteiger partial charge in [0.25, 0.3) is 23.4 Å². The first kappa shape index (κ1) is 23.5. The van der Waals surface area contributed by atoms with Gasteiger partial charge in [-0.05, 0) is 30.5 Å². The van der Waals surface area contributed by atoms with Gasteiger partial charge in [-0.25, -0.2) is 5.01 Å². The Morgan fingerprint density at radius 2 is 1.82 bits per heavy atom. The summed E-state index contributed by atoms with van der Waals surface area (Å²) in [5.74, 6) is -3.95. The van der Waals surface area contributed by atoms with Gasteiger partial charge in [0.05, 0.1) is 16.8 Å². The van der Waals surface area contributed by atoms with Crippen molar-refractivity contribution in [2.24, 2.45) is 17.8 Å². The van der Waals surface area contributed by atoms with Crippen LogP contribution in [0.1, 0.15) is 34.1 Å². The van der Waals surface area contributed by atoms with E-state index in [0.29, 0.717) is 6.42 Å². The SMILES string of the molecule is C[C@@H]1C=CC[C@@H]2C(=O)N(N(CC(=O)c3ccc(Br)cc3)C(=O)c3cccc([N+](=O)[O-])c3)C(=O)[C@H]12. The van der Waals surface area contributed by atoms with E-state index in [4.69, 9.17) is 0 Å². The molecule has 10 heteroatoms. The molecule has 1 fully saturated rings. The van der Waals surface area contributed by atoms with E-state index in [9.17, 15) is 29.3 Å². The molecule has 34 heavy (non-hydrogen) atoms. The van der Waals surface area contributed by atoms with Crippen LogP contribution in [0.3, 0.4) is 0 Å². The lowest BCUT2D eigenvalue weighted by atomic mass is 9.78. The van der Waals surface area contributed by atoms with Crippen molar-refractivity contribution in [2.45, 2.75) is 13.3 Å². The first-order chi connectivity index (χ1) is 16.2. The second-order valence-electron chi connectivity index (χ2n) is 8.24. The minimum atomic E-state index is -0.852. The van der Waals surface area contributed by atoms with Crippen molar-refractivity contribution in [2.75, 3.05) is 6.54 Å². The van der Waals surface area contributed by atoms with Gasteiger partial charge in [-0.3, -0.25) is 29.3 Å². The van der Waals surface area contributed by atoms with E-state index in [0.717, 1.165) is 20.6 Å². The number of nitro groups is 1. The number of hydrazine groups is 1. The Morgan fingerprint density at radius 3 is 2.47 bits per heavy atom. The number of carbonyl (C=O) groups excluding carboxylic acids is 4. The summed E-state index contributed by atoms with van der Waals surface area (Å²) in [7, 11) is 0. The predicted molar refractivity (Wildman–Crippen MR) is 124 cm³/mol. The summed E-state index contributed by atoms with van der Waals surface area (Å²) in [6.07, 6.45) is 4.05. The molecule has 1 aliphatic carbocycles. The molecule has 0 spiro atoms. The van der Waals surface area contributed by atoms with Crippen molar-refractivity contribution in [3.8, 4) is 0 Å². The molecule has 2 aromatic carbocycles. The van der Waals surface area contributed by atoms with Gasteiger partial charge in [0.1, 0.15) is 6.54 Å². The quantitative estimate of drug-likeness (QED) is 0.186. The van der Waals surface area contributed by atoms with Crippen LogP contribution in [0.2, 0.25) is 0 Å². The number of amides is 3. The van der Waals surface area contributed by atoms with E-state index in [1.54, 1.807) is 24.3 Å². The Bertz CT molecular complexity index is 1230. The second-order valence-corrected chi connectivity index (χ2v) is 9.16. The van der Waals surface area contributed by atoms with Gasteiger partial charge < -0.3 is 0 Å². The minimum absolute atomic E-state index is 0.112. The number of nitrogens with zero attached hydrogens (tertiary/aromatic N) is 3. The van der Waals surface area contributed by atoms with E-state index < -0.39 is 46.8 Å². The van der Waals surface area contributed by atoms with Crippen molar-refractivity contribution >= 4 is 45.1 Å². The van der Waals surface area contributed by atoms with Gasteiger partial charge in [-0.1, -0.05) is 53.2 Å². The highest BCUT2D eigenvalue weighted by atomic mass is 79.9. The molecule has 0 radical (unpaired) electrons. The molecule has 0 saturated carbocycles. The van der Waals surface area contributed by atoms with Crippen LogP contribution in [0.25, 0.3) is 0 Å². The molecule has 2 aliphatic rings. The number of allylic oxidation sites excluding steroid dienone is 2. The van der Waals surface area contributed by atoms with E-state index in [1.165, 1.54) is 18.2 Å². The predicted octanol–water partition coefficient (Wildman–Crippen LogP) is 3.79. The first-order valence-electron chi connectivity index (χ1n) is 10.6. The van der Waals surface area contributed by atoms with Crippen LogP contribution in [0.4, 0.5) is 5.69 Å². The molecule has 0 bridgehead atoms. The normalized spacial score (nSPS) is 21.4. The fourth-order valence-corrected chi connectivity index (χ4v) is 4.63. The number of carbonyl (C=O) groups is 4. The third-order valence-electron chi connectivity index (χ3n) is 6.09. The maximum Gasteiger partial charge on any atom is 0.273 e. The third-order valence-corrected chi connectivity index (χ3v) is 6.62. The Morgan fingerprint density at radius 1 is 1.12 bits per heavy atom. The van der Waals surface area contributed by atoms with E-state index in [1.807, 2.05) is 19.1 Å². The summed E-state index contributed by atoms with van der Waals surface area (Å²) in [6.45, 7) is 1.24. The smallest absolute Gasteiger partial charge is 0.273 e. The zero-order valence-corrected chi connectivity index (χ0v) is 19.7. The van der Waals surface area contributed by atoms with Crippen molar-refractivity contribution in [3.63, 3.8) is 0 Å². The average Bonchev–Trinajstić information content (AvgIpc) is 3.08. The molecule has 1 saturated heterocycles. The number of imide groups is 1. The standard InChI is InChI=1S/C24H20BrN3O6/c1-14-4-2-7-19-21(14)24(32)27(23(19)31)26(13-20(29)15-8-10-17(25)11-9-15)22(30)16-5-3-6-18(12-16)28(33)34/h2-6,8-12,14,19,21H,7,13H2,1H3/t14-,19+,21-/m1/s1. The summed E-state index contributed by atoms with van der Waals surface area (Å²) < 4.78 is 0.754. The number of halogens is 1. The lowest BCUT2D eigenvalue weighted by Crippen LogP contribution is -2.52. The van der Waals surface area contributed by atoms with E-state index >= 15 is 0 Å². The molecule has 3 amide bonds. The number of hydrogen-bond donors (Lipinski definition) is 0. The van der Waals surface area contributed by atoms with E-state index in [2.05, 4.69) is 15.9 Å². The molecule has 174 valence electrons. The molecule has 1 heterocycles. The second kappa shape index (κ2) is 9.30. The molecule has 0 aromatic heterocycles. The Hall–Kier alpha value is -3.66. The fourth-order valence-electron chi connectivity index (χ4n) is 4.37. The Kier molecular flexibility index (Phi) is 6.43. The molecule has 0 N–H and O–H groups in total. The number of hydrogen-bond acceptors (Lipinski definition) is 6. The van der Waals surface area contributed by atoms with Crippen molar-refractivity contribution in [3.05, 3.63) is 86.4 Å². The summed E-state index contributed by atoms with van der Waals surface area (Å²) in [5, 5.41) is 12.8. The maximum absolute atomic E-state index is 13.5. The number of rotatable bonds is 6. The van der Waals surface area contributed by atoms with Crippen molar-refractivity contribution < 1.29 is 24.1 Å². The number of ketones is 1. The van der Waals surface area contributed by atoms with Crippen LogP contribution >= 0.6 is 15.9 Å². The number of nitro benzene ring substituents is 1. The van der Waals surface area contributed by atoms with Gasteiger partial charge in [-0.2, -0.15) is 5.01 Å². The molecule has 2 aromatic rings. The Labute approximate surface area is 203 Å². The molecular weight excluding hydrogens is 506 g/mol. The number of Topliss-reactive ketones (excluding diaryl/α,β-unsaturated/α-hetero) is 1. The number of non-ortho nitro benzene ring substituents is 1. The molecular formula is C24H20BrN3O6. The number of benzene rings is 2. The molecule has 3 atom stereocenters. The Balaban J connectivity index is 1.73. The van der Waals surface area contributed by atoms with Crippen LogP contribution in [-0.4, -0.2) is 45.0 Å². The largest absolute Gasteiger partial charge is 0.292 e.